The Kier molecular flexibility index (Phi) is 6.88. The van der Waals surface area contributed by atoms with Gasteiger partial charge in [-0.25, -0.2) is 0 Å². The highest BCUT2D eigenvalue weighted by molar-refractivity contribution is 6.42. The summed E-state index contributed by atoms with van der Waals surface area (Å²) in [5.74, 6) is 0.375. The number of rotatable bonds is 5. The Bertz CT molecular complexity index is 1180. The molecule has 0 bridgehead atoms. The lowest BCUT2D eigenvalue weighted by Crippen LogP contribution is -2.58. The molecular formula is C28H34Cl2N4O. The summed E-state index contributed by atoms with van der Waals surface area (Å²) in [5.41, 5.74) is 2.26. The zero-order valence-electron chi connectivity index (χ0n) is 20.5. The van der Waals surface area contributed by atoms with Crippen molar-refractivity contribution in [3.05, 3.63) is 69.8 Å². The molecule has 1 aliphatic carbocycles. The van der Waals surface area contributed by atoms with Crippen molar-refractivity contribution in [2.45, 2.75) is 50.6 Å². The van der Waals surface area contributed by atoms with Crippen LogP contribution in [0.25, 0.3) is 10.9 Å². The number of hydrogen-bond acceptors (Lipinski definition) is 3. The lowest BCUT2D eigenvalue weighted by molar-refractivity contribution is 0.00453. The Labute approximate surface area is 217 Å². The van der Waals surface area contributed by atoms with E-state index in [1.54, 1.807) is 0 Å². The van der Waals surface area contributed by atoms with Gasteiger partial charge >= 0.3 is 0 Å². The summed E-state index contributed by atoms with van der Waals surface area (Å²) in [6.45, 7) is 8.41. The van der Waals surface area contributed by atoms with Gasteiger partial charge in [0.05, 0.1) is 10.0 Å². The molecule has 5 nitrogen and oxygen atoms in total. The highest BCUT2D eigenvalue weighted by Crippen LogP contribution is 2.48. The van der Waals surface area contributed by atoms with E-state index in [0.717, 1.165) is 68.3 Å². The molecule has 1 amide bonds. The van der Waals surface area contributed by atoms with Gasteiger partial charge in [0, 0.05) is 48.2 Å². The molecule has 186 valence electrons. The van der Waals surface area contributed by atoms with Crippen LogP contribution >= 0.6 is 23.2 Å². The quantitative estimate of drug-likeness (QED) is 0.394. The SMILES string of the molecule is CC1(NC(=O)c2cc3ccccc3[nH]2)CCC(C(C)(c2cccc(Cl)c2Cl)N2CCNCC2)CC1. The van der Waals surface area contributed by atoms with Crippen molar-refractivity contribution >= 4 is 40.0 Å². The average molecular weight is 514 g/mol. The molecule has 7 heteroatoms. The number of halogens is 2. The first-order valence-electron chi connectivity index (χ1n) is 12.6. The Hall–Kier alpha value is -2.05. The number of amides is 1. The van der Waals surface area contributed by atoms with Crippen LogP contribution in [-0.4, -0.2) is 47.5 Å². The van der Waals surface area contributed by atoms with Crippen LogP contribution in [0, 0.1) is 5.92 Å². The van der Waals surface area contributed by atoms with E-state index < -0.39 is 0 Å². The number of carbonyl (C=O) groups is 1. The molecule has 2 aromatic carbocycles. The lowest BCUT2D eigenvalue weighted by Gasteiger charge is -2.52. The number of nitrogens with zero attached hydrogens (tertiary/aromatic N) is 1. The largest absolute Gasteiger partial charge is 0.351 e. The normalized spacial score (nSPS) is 25.3. The number of hydrogen-bond donors (Lipinski definition) is 3. The highest BCUT2D eigenvalue weighted by atomic mass is 35.5. The Morgan fingerprint density at radius 3 is 2.51 bits per heavy atom. The molecule has 1 unspecified atom stereocenters. The fraction of sp³-hybridized carbons (Fsp3) is 0.464. The zero-order valence-corrected chi connectivity index (χ0v) is 22.0. The molecule has 1 aliphatic heterocycles. The average Bonchev–Trinajstić information content (AvgIpc) is 3.31. The second-order valence-electron chi connectivity index (χ2n) is 10.5. The summed E-state index contributed by atoms with van der Waals surface area (Å²) >= 11 is 13.3. The summed E-state index contributed by atoms with van der Waals surface area (Å²) in [6, 6.07) is 15.9. The summed E-state index contributed by atoms with van der Waals surface area (Å²) in [5, 5.41) is 9.14. The first kappa shape index (κ1) is 24.6. The van der Waals surface area contributed by atoms with E-state index in [0.29, 0.717) is 21.7 Å². The van der Waals surface area contributed by atoms with E-state index in [1.165, 1.54) is 0 Å². The van der Waals surface area contributed by atoms with Gasteiger partial charge in [-0.3, -0.25) is 9.69 Å². The second-order valence-corrected chi connectivity index (χ2v) is 11.3. The number of piperazine rings is 1. The first-order chi connectivity index (χ1) is 16.8. The van der Waals surface area contributed by atoms with Gasteiger partial charge in [-0.2, -0.15) is 0 Å². The van der Waals surface area contributed by atoms with E-state index in [1.807, 2.05) is 42.5 Å². The van der Waals surface area contributed by atoms with Crippen LogP contribution in [0.5, 0.6) is 0 Å². The molecule has 1 saturated carbocycles. The third kappa shape index (κ3) is 4.72. The number of aromatic nitrogens is 1. The standard InChI is InChI=1S/C28H34Cl2N4O/c1-27(33-26(35)24-18-19-6-3-4-9-23(19)32-24)12-10-20(11-13-27)28(2,34-16-14-31-15-17-34)21-7-5-8-22(29)25(21)30/h3-9,18,20,31-32H,10-17H2,1-2H3,(H,33,35). The van der Waals surface area contributed by atoms with Crippen molar-refractivity contribution in [3.63, 3.8) is 0 Å². The van der Waals surface area contributed by atoms with Crippen molar-refractivity contribution in [2.75, 3.05) is 26.2 Å². The first-order valence-corrected chi connectivity index (χ1v) is 13.4. The number of nitrogens with one attached hydrogen (secondary N) is 3. The maximum atomic E-state index is 13.1. The fourth-order valence-electron chi connectivity index (χ4n) is 6.15. The molecule has 35 heavy (non-hydrogen) atoms. The predicted octanol–water partition coefficient (Wildman–Crippen LogP) is 5.97. The van der Waals surface area contributed by atoms with E-state index >= 15 is 0 Å². The molecule has 5 rings (SSSR count). The number of carbonyl (C=O) groups excluding carboxylic acids is 1. The van der Waals surface area contributed by atoms with E-state index in [9.17, 15) is 4.79 Å². The predicted molar refractivity (Wildman–Crippen MR) is 144 cm³/mol. The Morgan fingerprint density at radius 1 is 1.09 bits per heavy atom. The van der Waals surface area contributed by atoms with Crippen LogP contribution in [0.4, 0.5) is 0 Å². The number of aromatic amines is 1. The zero-order chi connectivity index (χ0) is 24.6. The second kappa shape index (κ2) is 9.78. The topological polar surface area (TPSA) is 60.2 Å². The van der Waals surface area contributed by atoms with Crippen LogP contribution in [0.1, 0.15) is 55.6 Å². The minimum absolute atomic E-state index is 0.0371. The van der Waals surface area contributed by atoms with Crippen molar-refractivity contribution < 1.29 is 4.79 Å². The maximum absolute atomic E-state index is 13.1. The van der Waals surface area contributed by atoms with Gasteiger partial charge in [-0.05, 0) is 69.2 Å². The van der Waals surface area contributed by atoms with Gasteiger partial charge in [0.25, 0.3) is 5.91 Å². The molecule has 2 fully saturated rings. The maximum Gasteiger partial charge on any atom is 0.268 e. The Balaban J connectivity index is 1.35. The van der Waals surface area contributed by atoms with Crippen molar-refractivity contribution in [1.82, 2.24) is 20.5 Å². The molecule has 3 aromatic rings. The summed E-state index contributed by atoms with van der Waals surface area (Å²) < 4.78 is 0. The molecule has 2 aliphatic rings. The van der Waals surface area contributed by atoms with Crippen molar-refractivity contribution in [1.29, 1.82) is 0 Å². The minimum atomic E-state index is -0.243. The summed E-state index contributed by atoms with van der Waals surface area (Å²) in [4.78, 5) is 19.0. The van der Waals surface area contributed by atoms with Gasteiger partial charge in [0.2, 0.25) is 0 Å². The number of para-hydroxylation sites is 1. The molecule has 3 N–H and O–H groups in total. The molecule has 2 heterocycles. The van der Waals surface area contributed by atoms with Crippen molar-refractivity contribution in [3.8, 4) is 0 Å². The monoisotopic (exact) mass is 512 g/mol. The highest BCUT2D eigenvalue weighted by Gasteiger charge is 2.46. The number of H-pyrrole nitrogens is 1. The Morgan fingerprint density at radius 2 is 1.80 bits per heavy atom. The van der Waals surface area contributed by atoms with E-state index in [-0.39, 0.29) is 17.0 Å². The van der Waals surface area contributed by atoms with Gasteiger partial charge in [-0.1, -0.05) is 53.5 Å². The van der Waals surface area contributed by atoms with Crippen LogP contribution in [0.2, 0.25) is 10.0 Å². The van der Waals surface area contributed by atoms with E-state index in [4.69, 9.17) is 23.2 Å². The van der Waals surface area contributed by atoms with Crippen LogP contribution in [-0.2, 0) is 5.54 Å². The number of fused-ring (bicyclic) bond motifs is 1. The van der Waals surface area contributed by atoms with E-state index in [2.05, 4.69) is 40.4 Å². The fourth-order valence-corrected chi connectivity index (χ4v) is 6.64. The molecule has 1 saturated heterocycles. The third-order valence-corrected chi connectivity index (χ3v) is 9.16. The summed E-state index contributed by atoms with van der Waals surface area (Å²) in [6.07, 6.45) is 3.85. The molecule has 0 spiro atoms. The van der Waals surface area contributed by atoms with Crippen LogP contribution in [0.3, 0.4) is 0 Å². The van der Waals surface area contributed by atoms with Gasteiger partial charge in [0.15, 0.2) is 0 Å². The van der Waals surface area contributed by atoms with Crippen molar-refractivity contribution in [2.24, 2.45) is 5.92 Å². The molecule has 0 radical (unpaired) electrons. The van der Waals surface area contributed by atoms with Crippen LogP contribution in [0.15, 0.2) is 48.5 Å². The number of benzene rings is 2. The van der Waals surface area contributed by atoms with Gasteiger partial charge in [0.1, 0.15) is 5.69 Å². The van der Waals surface area contributed by atoms with Gasteiger partial charge in [-0.15, -0.1) is 0 Å². The summed E-state index contributed by atoms with van der Waals surface area (Å²) in [7, 11) is 0. The molecule has 1 atom stereocenters. The molecule has 1 aromatic heterocycles. The molecular weight excluding hydrogens is 479 g/mol. The smallest absolute Gasteiger partial charge is 0.268 e. The third-order valence-electron chi connectivity index (χ3n) is 8.34. The van der Waals surface area contributed by atoms with Crippen LogP contribution < -0.4 is 10.6 Å². The van der Waals surface area contributed by atoms with Gasteiger partial charge < -0.3 is 15.6 Å². The lowest BCUT2D eigenvalue weighted by atomic mass is 9.66. The minimum Gasteiger partial charge on any atom is -0.351 e.